The Hall–Kier alpha value is -6.26. The molecule has 0 bridgehead atoms. The Morgan fingerprint density at radius 3 is 1.61 bits per heavy atom. The molecule has 4 aliphatic heterocycles. The lowest BCUT2D eigenvalue weighted by molar-refractivity contribution is -0.140. The summed E-state index contributed by atoms with van der Waals surface area (Å²) in [4.78, 5) is 74.5. The highest BCUT2D eigenvalue weighted by Gasteiger charge is 2.52. The third-order valence-electron chi connectivity index (χ3n) is 16.4. The average Bonchev–Trinajstić information content (AvgIpc) is 4.25. The van der Waals surface area contributed by atoms with Crippen molar-refractivity contribution < 1.29 is 38.5 Å². The van der Waals surface area contributed by atoms with E-state index in [0.717, 1.165) is 107 Å². The third-order valence-corrected chi connectivity index (χ3v) is 16.4. The number of nitrogens with one attached hydrogen (secondary N) is 4. The lowest BCUT2D eigenvalue weighted by atomic mass is 9.90. The van der Waals surface area contributed by atoms with Crippen molar-refractivity contribution in [3.63, 3.8) is 0 Å². The van der Waals surface area contributed by atoms with Crippen LogP contribution in [0.3, 0.4) is 0 Å². The minimum absolute atomic E-state index is 0.0320. The first-order valence-electron chi connectivity index (χ1n) is 25.1. The molecule has 5 N–H and O–H groups in total. The number of imidazole rings is 2. The van der Waals surface area contributed by atoms with E-state index in [0.29, 0.717) is 63.9 Å². The number of nitrogens with zero attached hydrogens (tertiary/aromatic N) is 4. The zero-order valence-corrected chi connectivity index (χ0v) is 39.1. The highest BCUT2D eigenvalue weighted by Crippen LogP contribution is 2.49. The second-order valence-electron chi connectivity index (χ2n) is 20.1. The van der Waals surface area contributed by atoms with Crippen molar-refractivity contribution in [1.82, 2.24) is 40.4 Å². The molecule has 4 amide bonds. The van der Waals surface area contributed by atoms with E-state index < -0.39 is 24.3 Å². The van der Waals surface area contributed by atoms with Crippen LogP contribution in [0.1, 0.15) is 101 Å². The van der Waals surface area contributed by atoms with Crippen molar-refractivity contribution in [3.05, 3.63) is 84.7 Å². The number of amides is 4. The lowest BCUT2D eigenvalue weighted by Gasteiger charge is -2.36. The van der Waals surface area contributed by atoms with Crippen LogP contribution in [0.4, 0.5) is 9.59 Å². The zero-order chi connectivity index (χ0) is 47.2. The third kappa shape index (κ3) is 8.86. The molecule has 8 atom stereocenters. The Morgan fingerprint density at radius 1 is 0.623 bits per heavy atom. The van der Waals surface area contributed by atoms with Gasteiger partial charge in [0.2, 0.25) is 11.8 Å². The minimum atomic E-state index is -1.18. The Balaban J connectivity index is 0.787. The van der Waals surface area contributed by atoms with Crippen LogP contribution in [0.5, 0.6) is 0 Å². The molecule has 4 saturated heterocycles. The summed E-state index contributed by atoms with van der Waals surface area (Å²) in [5.41, 5.74) is 5.71. The van der Waals surface area contributed by atoms with Gasteiger partial charge in [-0.3, -0.25) is 9.59 Å². The van der Waals surface area contributed by atoms with Gasteiger partial charge in [-0.1, -0.05) is 61.4 Å². The van der Waals surface area contributed by atoms with Gasteiger partial charge in [-0.25, -0.2) is 19.6 Å². The summed E-state index contributed by atoms with van der Waals surface area (Å²) in [6.07, 6.45) is 12.5. The Labute approximate surface area is 401 Å². The maximum Gasteiger partial charge on any atom is 0.407 e. The number of hydrogen-bond donors (Lipinski definition) is 5. The number of carbonyl (C=O) groups is 4. The highest BCUT2D eigenvalue weighted by atomic mass is 16.5. The van der Waals surface area contributed by atoms with E-state index in [1.54, 1.807) is 0 Å². The van der Waals surface area contributed by atoms with Crippen molar-refractivity contribution in [2.45, 2.75) is 113 Å². The van der Waals surface area contributed by atoms with E-state index >= 15 is 0 Å². The van der Waals surface area contributed by atoms with E-state index in [1.165, 1.54) is 7.11 Å². The number of rotatable bonds is 11. The quantitative estimate of drug-likeness (QED) is 0.0856. The first-order valence-corrected chi connectivity index (χ1v) is 25.1. The van der Waals surface area contributed by atoms with Gasteiger partial charge in [0.1, 0.15) is 23.7 Å². The zero-order valence-electron chi connectivity index (χ0n) is 39.1. The van der Waals surface area contributed by atoms with Crippen LogP contribution in [0, 0.1) is 23.7 Å². The van der Waals surface area contributed by atoms with Crippen molar-refractivity contribution in [2.75, 3.05) is 33.5 Å². The maximum absolute atomic E-state index is 14.6. The smallest absolute Gasteiger partial charge is 0.407 e. The summed E-state index contributed by atoms with van der Waals surface area (Å²) in [6, 6.07) is 19.5. The van der Waals surface area contributed by atoms with E-state index in [9.17, 15) is 24.3 Å². The Kier molecular flexibility index (Phi) is 12.6. The monoisotopic (exact) mass is 938 g/mol. The molecular weight excluding hydrogens is 877 g/mol. The van der Waals surface area contributed by atoms with Gasteiger partial charge in [0.15, 0.2) is 0 Å². The van der Waals surface area contributed by atoms with Gasteiger partial charge in [0.25, 0.3) is 0 Å². The Bertz CT molecular complexity index is 2690. The summed E-state index contributed by atoms with van der Waals surface area (Å²) in [6.45, 7) is 2.17. The van der Waals surface area contributed by atoms with Crippen LogP contribution in [-0.2, 0) is 23.8 Å². The molecule has 6 fully saturated rings. The van der Waals surface area contributed by atoms with Crippen LogP contribution in [0.2, 0.25) is 0 Å². The van der Waals surface area contributed by atoms with Gasteiger partial charge in [0, 0.05) is 62.0 Å². The highest BCUT2D eigenvalue weighted by molar-refractivity contribution is 5.91. The summed E-state index contributed by atoms with van der Waals surface area (Å²) < 4.78 is 16.1. The van der Waals surface area contributed by atoms with Gasteiger partial charge < -0.3 is 49.7 Å². The number of carbonyl (C=O) groups excluding carboxylic acids is 3. The van der Waals surface area contributed by atoms with E-state index in [-0.39, 0.29) is 47.8 Å². The standard InChI is InChI=1S/C53H62N8O8/c1-67-53(66)59-47(33-18-22-69-23-19-33)51(63)61-43-7-3-5-39(43)27-45(61)49-55-29-41(57-49)37-15-14-35-24-34(12-13-36(35)25-37)30-8-10-31(11-9-30)40-28-54-48(56-40)44-26-38-4-2-6-42(38)60(44)50(62)46(58-52(64)65)32-16-20-68-21-17-32/h8-15,24-25,28-29,32-33,38-39,42-47,58H,2-7,16-23,26-27H2,1H3,(H,54,56)(H,55,57)(H,59,66)(H,64,65)/t38-,39-,42-,43-,44-,45-,46-,47-/m0/s1. The molecule has 2 aromatic heterocycles. The average molecular weight is 939 g/mol. The number of fused-ring (bicyclic) bond motifs is 3. The van der Waals surface area contributed by atoms with E-state index in [2.05, 4.69) is 81.3 Å². The molecule has 2 aliphatic carbocycles. The number of carboxylic acid groups (broad SMARTS) is 1. The molecule has 6 aliphatic rings. The molecule has 5 aromatic rings. The summed E-state index contributed by atoms with van der Waals surface area (Å²) in [7, 11) is 1.33. The number of likely N-dealkylation sites (tertiary alicyclic amines) is 2. The molecule has 6 heterocycles. The molecule has 3 aromatic carbocycles. The number of methoxy groups -OCH3 is 1. The largest absolute Gasteiger partial charge is 0.465 e. The predicted molar refractivity (Wildman–Crippen MR) is 257 cm³/mol. The fourth-order valence-electron chi connectivity index (χ4n) is 12.9. The minimum Gasteiger partial charge on any atom is -0.465 e. The fourth-order valence-corrected chi connectivity index (χ4v) is 12.9. The maximum atomic E-state index is 14.6. The van der Waals surface area contributed by atoms with Crippen LogP contribution < -0.4 is 10.6 Å². The molecule has 11 rings (SSSR count). The van der Waals surface area contributed by atoms with Gasteiger partial charge in [0.05, 0.1) is 30.6 Å². The number of hydrogen-bond acceptors (Lipinski definition) is 9. The van der Waals surface area contributed by atoms with E-state index in [1.807, 2.05) is 22.2 Å². The summed E-state index contributed by atoms with van der Waals surface area (Å²) in [5.74, 6) is 1.91. The van der Waals surface area contributed by atoms with Crippen molar-refractivity contribution >= 4 is 34.8 Å². The molecule has 0 spiro atoms. The topological polar surface area (TPSA) is 204 Å². The number of ether oxygens (including phenoxy) is 3. The lowest BCUT2D eigenvalue weighted by Crippen LogP contribution is -2.55. The SMILES string of the molecule is COC(=O)N[C@H](C(=O)N1[C@H](c2nc(-c3ccc4cc(-c5ccc(-c6c[nH]c([C@@H]7C[C@@H]8CCC[C@@H]8N7C(=O)[C@@H](NC(=O)O)C7CCOCC7)n6)cc5)ccc4c3)c[nH]2)C[C@@H]2CCC[C@@H]21)C1CCOCC1. The van der Waals surface area contributed by atoms with Gasteiger partial charge in [-0.05, 0) is 122 Å². The van der Waals surface area contributed by atoms with Crippen molar-refractivity contribution in [2.24, 2.45) is 23.7 Å². The van der Waals surface area contributed by atoms with E-state index in [4.69, 9.17) is 24.2 Å². The molecular formula is C53H62N8O8. The van der Waals surface area contributed by atoms with Gasteiger partial charge >= 0.3 is 12.2 Å². The number of benzene rings is 3. The first-order chi connectivity index (χ1) is 33.7. The molecule has 362 valence electrons. The number of H-pyrrole nitrogens is 2. The second-order valence-corrected chi connectivity index (χ2v) is 20.1. The molecule has 0 unspecified atom stereocenters. The van der Waals surface area contributed by atoms with Crippen LogP contribution in [0.15, 0.2) is 73.1 Å². The number of alkyl carbamates (subject to hydrolysis) is 1. The normalized spacial score (nSPS) is 25.9. The number of aromatic amines is 2. The fraction of sp³-hybridized carbons (Fsp3) is 0.509. The predicted octanol–water partition coefficient (Wildman–Crippen LogP) is 8.39. The van der Waals surface area contributed by atoms with Gasteiger partial charge in [-0.15, -0.1) is 0 Å². The summed E-state index contributed by atoms with van der Waals surface area (Å²) >= 11 is 0. The second kappa shape index (κ2) is 19.3. The van der Waals surface area contributed by atoms with Crippen LogP contribution >= 0.6 is 0 Å². The first kappa shape index (κ1) is 45.2. The molecule has 0 radical (unpaired) electrons. The summed E-state index contributed by atoms with van der Waals surface area (Å²) in [5, 5.41) is 17.4. The van der Waals surface area contributed by atoms with Crippen LogP contribution in [0.25, 0.3) is 44.4 Å². The van der Waals surface area contributed by atoms with Gasteiger partial charge in [-0.2, -0.15) is 0 Å². The molecule has 16 nitrogen and oxygen atoms in total. The van der Waals surface area contributed by atoms with Crippen LogP contribution in [-0.4, -0.2) is 117 Å². The van der Waals surface area contributed by atoms with Crippen molar-refractivity contribution in [1.29, 1.82) is 0 Å². The molecule has 69 heavy (non-hydrogen) atoms. The number of aromatic nitrogens is 4. The Morgan fingerprint density at radius 2 is 1.09 bits per heavy atom. The van der Waals surface area contributed by atoms with Crippen molar-refractivity contribution in [3.8, 4) is 33.6 Å². The molecule has 2 saturated carbocycles. The molecule has 16 heteroatoms.